The number of piperidine rings is 1. The Bertz CT molecular complexity index is 1540. The number of nitrogens with zero attached hydrogens (tertiary/aromatic N) is 4. The molecule has 2 aliphatic rings. The third kappa shape index (κ3) is 4.44. The number of aromatic nitrogens is 4. The molecule has 2 atom stereocenters. The van der Waals surface area contributed by atoms with E-state index in [1.54, 1.807) is 34.0 Å². The van der Waals surface area contributed by atoms with Crippen molar-refractivity contribution in [1.82, 2.24) is 29.7 Å². The standard InChI is InChI=1S/C28H28F2N6O2/c29-21-6-1-5-20(24(21)30)17-8-9-22(25-18(16-17)4-2-12-31-25)33-27(37)35-14-10-19(11-15-35)36-23-7-3-13-32-26(23)34-28(36)38/h1-7,12-13,17,19,22H,8-11,14-16H2,(H,33,37)(H,32,34,38)/t17-,22+/m0/s1. The zero-order valence-electron chi connectivity index (χ0n) is 20.7. The fourth-order valence-corrected chi connectivity index (χ4v) is 5.94. The number of hydrogen-bond donors (Lipinski definition) is 2. The maximum atomic E-state index is 14.6. The Morgan fingerprint density at radius 2 is 1.76 bits per heavy atom. The number of nitrogens with one attached hydrogen (secondary N) is 2. The molecular formula is C28H28F2N6O2. The van der Waals surface area contributed by atoms with E-state index < -0.39 is 11.6 Å². The number of imidazole rings is 1. The van der Waals surface area contributed by atoms with Gasteiger partial charge in [0.15, 0.2) is 17.3 Å². The minimum absolute atomic E-state index is 0.0216. The van der Waals surface area contributed by atoms with Gasteiger partial charge in [-0.25, -0.2) is 23.4 Å². The molecule has 38 heavy (non-hydrogen) atoms. The number of likely N-dealkylation sites (tertiary alicyclic amines) is 1. The molecule has 1 saturated heterocycles. The fourth-order valence-electron chi connectivity index (χ4n) is 5.94. The van der Waals surface area contributed by atoms with Gasteiger partial charge in [0.25, 0.3) is 0 Å². The molecule has 1 aliphatic carbocycles. The van der Waals surface area contributed by atoms with Gasteiger partial charge in [-0.2, -0.15) is 0 Å². The molecule has 0 radical (unpaired) electrons. The molecule has 0 spiro atoms. The van der Waals surface area contributed by atoms with Crippen LogP contribution in [0.1, 0.15) is 60.5 Å². The number of aromatic amines is 1. The molecule has 0 saturated carbocycles. The second-order valence-electron chi connectivity index (χ2n) is 10.1. The summed E-state index contributed by atoms with van der Waals surface area (Å²) >= 11 is 0. The highest BCUT2D eigenvalue weighted by Crippen LogP contribution is 2.37. The van der Waals surface area contributed by atoms with Crippen molar-refractivity contribution in [2.45, 2.75) is 50.1 Å². The first-order valence-electron chi connectivity index (χ1n) is 13.0. The quantitative estimate of drug-likeness (QED) is 0.388. The van der Waals surface area contributed by atoms with Crippen LogP contribution >= 0.6 is 0 Å². The van der Waals surface area contributed by atoms with Crippen molar-refractivity contribution in [2.75, 3.05) is 13.1 Å². The highest BCUT2D eigenvalue weighted by Gasteiger charge is 2.31. The molecule has 2 N–H and O–H groups in total. The highest BCUT2D eigenvalue weighted by atomic mass is 19.2. The SMILES string of the molecule is O=C(N[C@@H]1CC[C@H](c2cccc(F)c2F)Cc2cccnc21)N1CCC(n2c(=O)[nH]c3ncccc32)CC1. The zero-order chi connectivity index (χ0) is 26.2. The number of H-pyrrole nitrogens is 1. The Kier molecular flexibility index (Phi) is 6.39. The number of carbonyl (C=O) groups excluding carboxylic acids is 1. The van der Waals surface area contributed by atoms with E-state index in [1.165, 1.54) is 6.07 Å². The predicted octanol–water partition coefficient (Wildman–Crippen LogP) is 4.61. The van der Waals surface area contributed by atoms with Gasteiger partial charge in [0.05, 0.1) is 17.3 Å². The Morgan fingerprint density at radius 1 is 0.974 bits per heavy atom. The molecule has 0 bridgehead atoms. The average Bonchev–Trinajstić information content (AvgIpc) is 3.16. The lowest BCUT2D eigenvalue weighted by Crippen LogP contribution is -2.46. The first-order chi connectivity index (χ1) is 18.5. The van der Waals surface area contributed by atoms with Gasteiger partial charge in [-0.15, -0.1) is 0 Å². The Labute approximate surface area is 217 Å². The molecule has 196 valence electrons. The van der Waals surface area contributed by atoms with E-state index in [2.05, 4.69) is 20.3 Å². The van der Waals surface area contributed by atoms with Gasteiger partial charge in [-0.3, -0.25) is 14.5 Å². The third-order valence-electron chi connectivity index (χ3n) is 7.85. The second-order valence-corrected chi connectivity index (χ2v) is 10.1. The lowest BCUT2D eigenvalue weighted by molar-refractivity contribution is 0.167. The van der Waals surface area contributed by atoms with E-state index in [-0.39, 0.29) is 29.7 Å². The summed E-state index contributed by atoms with van der Waals surface area (Å²) in [5, 5.41) is 3.15. The maximum absolute atomic E-state index is 14.6. The third-order valence-corrected chi connectivity index (χ3v) is 7.85. The van der Waals surface area contributed by atoms with Crippen molar-refractivity contribution in [1.29, 1.82) is 0 Å². The minimum Gasteiger partial charge on any atom is -0.330 e. The van der Waals surface area contributed by atoms with Crippen molar-refractivity contribution in [2.24, 2.45) is 0 Å². The number of hydrogen-bond acceptors (Lipinski definition) is 4. The maximum Gasteiger partial charge on any atom is 0.327 e. The summed E-state index contributed by atoms with van der Waals surface area (Å²) in [5.41, 5.74) is 3.20. The van der Waals surface area contributed by atoms with Crippen LogP contribution in [0.25, 0.3) is 11.2 Å². The summed E-state index contributed by atoms with van der Waals surface area (Å²) in [6.07, 6.45) is 6.31. The van der Waals surface area contributed by atoms with Gasteiger partial charge in [0, 0.05) is 31.5 Å². The summed E-state index contributed by atoms with van der Waals surface area (Å²) in [5.74, 6) is -1.87. The van der Waals surface area contributed by atoms with Crippen molar-refractivity contribution >= 4 is 17.2 Å². The molecule has 6 rings (SSSR count). The van der Waals surface area contributed by atoms with Gasteiger partial charge in [-0.05, 0) is 73.4 Å². The molecule has 2 amide bonds. The van der Waals surface area contributed by atoms with Crippen LogP contribution in [-0.2, 0) is 6.42 Å². The van der Waals surface area contributed by atoms with Crippen LogP contribution in [0.4, 0.5) is 13.6 Å². The first-order valence-corrected chi connectivity index (χ1v) is 13.0. The molecule has 4 heterocycles. The van der Waals surface area contributed by atoms with Crippen molar-refractivity contribution in [3.8, 4) is 0 Å². The molecule has 10 heteroatoms. The zero-order valence-corrected chi connectivity index (χ0v) is 20.7. The van der Waals surface area contributed by atoms with Crippen LogP contribution in [-0.4, -0.2) is 43.5 Å². The summed E-state index contributed by atoms with van der Waals surface area (Å²) in [7, 11) is 0. The number of amides is 2. The molecule has 1 aliphatic heterocycles. The number of halogens is 2. The fraction of sp³-hybridized carbons (Fsp3) is 0.357. The topological polar surface area (TPSA) is 95.9 Å². The lowest BCUT2D eigenvalue weighted by atomic mass is 9.90. The molecular weight excluding hydrogens is 490 g/mol. The van der Waals surface area contributed by atoms with Crippen LogP contribution in [0.2, 0.25) is 0 Å². The number of fused-ring (bicyclic) bond motifs is 2. The number of pyridine rings is 2. The average molecular weight is 519 g/mol. The molecule has 3 aromatic heterocycles. The van der Waals surface area contributed by atoms with Crippen LogP contribution in [0.5, 0.6) is 0 Å². The second kappa shape index (κ2) is 10.00. The lowest BCUT2D eigenvalue weighted by Gasteiger charge is -2.33. The van der Waals surface area contributed by atoms with Gasteiger partial charge in [0.1, 0.15) is 0 Å². The molecule has 0 unspecified atom stereocenters. The summed E-state index contributed by atoms with van der Waals surface area (Å²) in [6, 6.07) is 11.2. The van der Waals surface area contributed by atoms with Crippen LogP contribution in [0, 0.1) is 11.6 Å². The van der Waals surface area contributed by atoms with Crippen LogP contribution in [0.15, 0.2) is 59.7 Å². The van der Waals surface area contributed by atoms with Crippen molar-refractivity contribution in [3.05, 3.63) is 93.8 Å². The van der Waals surface area contributed by atoms with Crippen LogP contribution in [0.3, 0.4) is 0 Å². The molecule has 1 aromatic carbocycles. The van der Waals surface area contributed by atoms with Crippen LogP contribution < -0.4 is 11.0 Å². The van der Waals surface area contributed by atoms with E-state index in [1.807, 2.05) is 18.2 Å². The molecule has 1 fully saturated rings. The summed E-state index contributed by atoms with van der Waals surface area (Å²) < 4.78 is 30.3. The first kappa shape index (κ1) is 24.3. The van der Waals surface area contributed by atoms with Crippen molar-refractivity contribution in [3.63, 3.8) is 0 Å². The highest BCUT2D eigenvalue weighted by molar-refractivity contribution is 5.75. The number of carbonyl (C=O) groups is 1. The summed E-state index contributed by atoms with van der Waals surface area (Å²) in [6.45, 7) is 1.02. The van der Waals surface area contributed by atoms with E-state index in [4.69, 9.17) is 0 Å². The normalized spacial score (nSPS) is 20.2. The number of rotatable bonds is 3. The van der Waals surface area contributed by atoms with E-state index in [9.17, 15) is 18.4 Å². The van der Waals surface area contributed by atoms with Gasteiger partial charge in [0.2, 0.25) is 0 Å². The smallest absolute Gasteiger partial charge is 0.327 e. The minimum atomic E-state index is -0.849. The van der Waals surface area contributed by atoms with Gasteiger partial charge < -0.3 is 10.2 Å². The largest absolute Gasteiger partial charge is 0.330 e. The number of benzene rings is 1. The Morgan fingerprint density at radius 3 is 2.61 bits per heavy atom. The van der Waals surface area contributed by atoms with E-state index in [0.717, 1.165) is 22.8 Å². The molecule has 4 aromatic rings. The summed E-state index contributed by atoms with van der Waals surface area (Å²) in [4.78, 5) is 39.2. The predicted molar refractivity (Wildman–Crippen MR) is 138 cm³/mol. The Hall–Kier alpha value is -4.08. The number of urea groups is 1. The van der Waals surface area contributed by atoms with E-state index >= 15 is 0 Å². The Balaban J connectivity index is 1.15. The monoisotopic (exact) mass is 518 g/mol. The van der Waals surface area contributed by atoms with E-state index in [0.29, 0.717) is 56.4 Å². The van der Waals surface area contributed by atoms with Gasteiger partial charge in [-0.1, -0.05) is 18.2 Å². The molecule has 8 nitrogen and oxygen atoms in total. The van der Waals surface area contributed by atoms with Gasteiger partial charge >= 0.3 is 11.7 Å². The van der Waals surface area contributed by atoms with Crippen molar-refractivity contribution < 1.29 is 13.6 Å².